The molecule has 2 aromatic heterocycles. The van der Waals surface area contributed by atoms with Crippen molar-refractivity contribution >= 4 is 16.8 Å². The van der Waals surface area contributed by atoms with Crippen LogP contribution in [0.25, 0.3) is 11.0 Å². The summed E-state index contributed by atoms with van der Waals surface area (Å²) in [7, 11) is 0. The molecule has 2 unspecified atom stereocenters. The lowest BCUT2D eigenvalue weighted by Crippen LogP contribution is -2.02. The van der Waals surface area contributed by atoms with Gasteiger partial charge in [-0.2, -0.15) is 0 Å². The van der Waals surface area contributed by atoms with Crippen molar-refractivity contribution in [2.24, 2.45) is 5.92 Å². The molecule has 1 fully saturated rings. The van der Waals surface area contributed by atoms with E-state index < -0.39 is 0 Å². The number of fused-ring (bicyclic) bond motifs is 1. The van der Waals surface area contributed by atoms with E-state index in [4.69, 9.17) is 0 Å². The van der Waals surface area contributed by atoms with Crippen LogP contribution in [0.4, 0.5) is 0 Å². The van der Waals surface area contributed by atoms with Crippen LogP contribution in [0.5, 0.6) is 0 Å². The molecule has 3 heteroatoms. The van der Waals surface area contributed by atoms with Gasteiger partial charge in [-0.25, -0.2) is 4.98 Å². The average Bonchev–Trinajstić information content (AvgIpc) is 3.20. The summed E-state index contributed by atoms with van der Waals surface area (Å²) in [5.41, 5.74) is 2.83. The Hall–Kier alpha value is -2.42. The third-order valence-corrected chi connectivity index (χ3v) is 4.07. The van der Waals surface area contributed by atoms with Gasteiger partial charge in [0, 0.05) is 29.3 Å². The van der Waals surface area contributed by atoms with Gasteiger partial charge in [0.25, 0.3) is 0 Å². The number of rotatable bonds is 3. The topological polar surface area (TPSA) is 45.8 Å². The molecule has 1 saturated carbocycles. The number of aromatic nitrogens is 2. The van der Waals surface area contributed by atoms with E-state index in [-0.39, 0.29) is 11.7 Å². The minimum Gasteiger partial charge on any atom is -0.345 e. The molecule has 2 heterocycles. The fraction of sp³-hybridized carbons (Fsp3) is 0.176. The molecular formula is C17H14N2O. The van der Waals surface area contributed by atoms with Crippen LogP contribution in [-0.4, -0.2) is 15.8 Å². The minimum atomic E-state index is 0.122. The summed E-state index contributed by atoms with van der Waals surface area (Å²) in [5.74, 6) is 0.736. The number of benzene rings is 1. The number of ketones is 1. The van der Waals surface area contributed by atoms with Crippen LogP contribution in [0.2, 0.25) is 0 Å². The van der Waals surface area contributed by atoms with Crippen LogP contribution < -0.4 is 0 Å². The monoisotopic (exact) mass is 262 g/mol. The Morgan fingerprint density at radius 1 is 1.15 bits per heavy atom. The highest BCUT2D eigenvalue weighted by Crippen LogP contribution is 2.49. The van der Waals surface area contributed by atoms with E-state index in [0.717, 1.165) is 23.0 Å². The van der Waals surface area contributed by atoms with Gasteiger partial charge in [-0.3, -0.25) is 4.79 Å². The quantitative estimate of drug-likeness (QED) is 0.734. The number of Topliss-reactive ketones (excluding diaryl/α,β-unsaturated/α-hetero) is 1. The van der Waals surface area contributed by atoms with Gasteiger partial charge in [0.15, 0.2) is 5.78 Å². The van der Waals surface area contributed by atoms with E-state index in [1.54, 1.807) is 12.4 Å². The van der Waals surface area contributed by atoms with Crippen molar-refractivity contribution in [2.45, 2.75) is 12.3 Å². The number of hydrogen-bond acceptors (Lipinski definition) is 2. The molecule has 1 aliphatic carbocycles. The molecule has 0 saturated heterocycles. The van der Waals surface area contributed by atoms with Crippen LogP contribution >= 0.6 is 0 Å². The number of aromatic amines is 1. The molecule has 3 nitrogen and oxygen atoms in total. The number of hydrogen-bond donors (Lipinski definition) is 1. The normalized spacial score (nSPS) is 21.0. The molecule has 98 valence electrons. The Kier molecular flexibility index (Phi) is 2.46. The molecular weight excluding hydrogens is 248 g/mol. The molecule has 20 heavy (non-hydrogen) atoms. The first-order valence-electron chi connectivity index (χ1n) is 6.86. The van der Waals surface area contributed by atoms with Crippen LogP contribution in [-0.2, 0) is 0 Å². The van der Waals surface area contributed by atoms with Crippen molar-refractivity contribution in [3.8, 4) is 0 Å². The van der Waals surface area contributed by atoms with E-state index >= 15 is 0 Å². The largest absolute Gasteiger partial charge is 0.345 e. The summed E-state index contributed by atoms with van der Waals surface area (Å²) in [5, 5.41) is 0.927. The number of carbonyl (C=O) groups is 1. The van der Waals surface area contributed by atoms with E-state index in [9.17, 15) is 4.79 Å². The first-order chi connectivity index (χ1) is 9.84. The molecule has 4 rings (SSSR count). The summed E-state index contributed by atoms with van der Waals surface area (Å²) in [6.45, 7) is 0. The van der Waals surface area contributed by atoms with E-state index in [1.807, 2.05) is 30.3 Å². The maximum atomic E-state index is 12.6. The average molecular weight is 262 g/mol. The first-order valence-corrected chi connectivity index (χ1v) is 6.86. The molecule has 0 spiro atoms. The Labute approximate surface area is 116 Å². The number of pyridine rings is 1. The van der Waals surface area contributed by atoms with Crippen molar-refractivity contribution < 1.29 is 4.79 Å². The second kappa shape index (κ2) is 4.30. The molecule has 3 aromatic rings. The van der Waals surface area contributed by atoms with Gasteiger partial charge in [0.2, 0.25) is 0 Å². The predicted octanol–water partition coefficient (Wildman–Crippen LogP) is 3.55. The number of carbonyl (C=O) groups excluding carboxylic acids is 1. The smallest absolute Gasteiger partial charge is 0.168 e. The highest BCUT2D eigenvalue weighted by atomic mass is 16.1. The van der Waals surface area contributed by atoms with Gasteiger partial charge in [-0.15, -0.1) is 0 Å². The third kappa shape index (κ3) is 1.74. The summed E-state index contributed by atoms with van der Waals surface area (Å²) in [6.07, 6.45) is 4.48. The van der Waals surface area contributed by atoms with Crippen LogP contribution in [0.1, 0.15) is 28.3 Å². The molecule has 2 atom stereocenters. The molecule has 1 aromatic carbocycles. The fourth-order valence-corrected chi connectivity index (χ4v) is 2.91. The van der Waals surface area contributed by atoms with Crippen molar-refractivity contribution in [3.63, 3.8) is 0 Å². The zero-order chi connectivity index (χ0) is 13.5. The number of nitrogens with one attached hydrogen (secondary N) is 1. The standard InChI is InChI=1S/C17H14N2O/c20-16(14-9-13(14)11-5-2-1-3-6-11)15-10-19-17-12(15)7-4-8-18-17/h1-8,10,13-14H,9H2,(H,18,19). The molecule has 1 N–H and O–H groups in total. The highest BCUT2D eigenvalue weighted by molar-refractivity contribution is 6.09. The zero-order valence-corrected chi connectivity index (χ0v) is 10.9. The number of nitrogens with zero attached hydrogens (tertiary/aromatic N) is 1. The van der Waals surface area contributed by atoms with Gasteiger partial charge in [0.1, 0.15) is 5.65 Å². The van der Waals surface area contributed by atoms with E-state index in [0.29, 0.717) is 5.92 Å². The van der Waals surface area contributed by atoms with Gasteiger partial charge in [0.05, 0.1) is 0 Å². The van der Waals surface area contributed by atoms with Crippen molar-refractivity contribution in [2.75, 3.05) is 0 Å². The van der Waals surface area contributed by atoms with Gasteiger partial charge in [-0.1, -0.05) is 30.3 Å². The molecule has 0 aliphatic heterocycles. The van der Waals surface area contributed by atoms with E-state index in [2.05, 4.69) is 22.1 Å². The van der Waals surface area contributed by atoms with Crippen LogP contribution in [0.15, 0.2) is 54.9 Å². The maximum absolute atomic E-state index is 12.6. The zero-order valence-electron chi connectivity index (χ0n) is 10.9. The Morgan fingerprint density at radius 2 is 2.00 bits per heavy atom. The first kappa shape index (κ1) is 11.4. The molecule has 1 aliphatic rings. The van der Waals surface area contributed by atoms with E-state index in [1.165, 1.54) is 5.56 Å². The Morgan fingerprint density at radius 3 is 2.85 bits per heavy atom. The van der Waals surface area contributed by atoms with Crippen molar-refractivity contribution in [1.82, 2.24) is 9.97 Å². The second-order valence-corrected chi connectivity index (χ2v) is 5.33. The fourth-order valence-electron chi connectivity index (χ4n) is 2.91. The van der Waals surface area contributed by atoms with Gasteiger partial charge >= 0.3 is 0 Å². The molecule has 0 amide bonds. The summed E-state index contributed by atoms with van der Waals surface area (Å²) in [4.78, 5) is 19.9. The maximum Gasteiger partial charge on any atom is 0.168 e. The lowest BCUT2D eigenvalue weighted by molar-refractivity contribution is 0.0967. The van der Waals surface area contributed by atoms with Crippen LogP contribution in [0, 0.1) is 5.92 Å². The molecule has 0 bridgehead atoms. The van der Waals surface area contributed by atoms with Gasteiger partial charge in [-0.05, 0) is 30.0 Å². The minimum absolute atomic E-state index is 0.122. The summed E-state index contributed by atoms with van der Waals surface area (Å²) >= 11 is 0. The van der Waals surface area contributed by atoms with Gasteiger partial charge < -0.3 is 4.98 Å². The van der Waals surface area contributed by atoms with Crippen molar-refractivity contribution in [3.05, 3.63) is 66.0 Å². The Balaban J connectivity index is 1.63. The second-order valence-electron chi connectivity index (χ2n) is 5.33. The summed E-state index contributed by atoms with van der Waals surface area (Å²) < 4.78 is 0. The third-order valence-electron chi connectivity index (χ3n) is 4.07. The Bertz CT molecular complexity index is 776. The highest BCUT2D eigenvalue weighted by Gasteiger charge is 2.44. The predicted molar refractivity (Wildman–Crippen MR) is 77.7 cm³/mol. The summed E-state index contributed by atoms with van der Waals surface area (Å²) in [6, 6.07) is 14.1. The van der Waals surface area contributed by atoms with Crippen LogP contribution in [0.3, 0.4) is 0 Å². The SMILES string of the molecule is O=C(c1c[nH]c2ncccc12)C1CC1c1ccccc1. The lowest BCUT2D eigenvalue weighted by atomic mass is 10.0. The molecule has 0 radical (unpaired) electrons. The lowest BCUT2D eigenvalue weighted by Gasteiger charge is -2.00. The van der Waals surface area contributed by atoms with Crippen molar-refractivity contribution in [1.29, 1.82) is 0 Å². The number of H-pyrrole nitrogens is 1.